The molecule has 4 aromatic rings. The van der Waals surface area contributed by atoms with E-state index < -0.39 is 0 Å². The van der Waals surface area contributed by atoms with Crippen LogP contribution < -0.4 is 0 Å². The summed E-state index contributed by atoms with van der Waals surface area (Å²) in [6, 6.07) is 8.51. The number of pyridine rings is 1. The number of thiazole rings is 2. The van der Waals surface area contributed by atoms with Crippen molar-refractivity contribution in [2.24, 2.45) is 0 Å². The number of carbonyl (C=O) groups excluding carboxylic acids is 1. The van der Waals surface area contributed by atoms with Crippen LogP contribution in [-0.4, -0.2) is 20.7 Å². The molecule has 0 bridgehead atoms. The number of rotatable bonds is 6. The first-order chi connectivity index (χ1) is 14.4. The number of Topliss-reactive ketones (excluding diaryl/α,β-unsaturated/α-hetero) is 1. The number of hydrogen-bond donors (Lipinski definition) is 0. The van der Waals surface area contributed by atoms with E-state index in [1.165, 1.54) is 6.07 Å². The van der Waals surface area contributed by atoms with Gasteiger partial charge in [0.25, 0.3) is 0 Å². The molecule has 7 heteroatoms. The normalized spacial score (nSPS) is 11.1. The van der Waals surface area contributed by atoms with Gasteiger partial charge in [0, 0.05) is 35.7 Å². The van der Waals surface area contributed by atoms with Gasteiger partial charge in [0.05, 0.1) is 26.3 Å². The van der Waals surface area contributed by atoms with E-state index in [0.717, 1.165) is 37.5 Å². The molecule has 0 aliphatic heterocycles. The molecule has 0 amide bonds. The molecule has 0 N–H and O–H groups in total. The van der Waals surface area contributed by atoms with Gasteiger partial charge in [0.1, 0.15) is 5.82 Å². The van der Waals surface area contributed by atoms with Gasteiger partial charge in [-0.25, -0.2) is 14.4 Å². The van der Waals surface area contributed by atoms with Crippen molar-refractivity contribution >= 4 is 28.5 Å². The Morgan fingerprint density at radius 2 is 1.93 bits per heavy atom. The van der Waals surface area contributed by atoms with Gasteiger partial charge in [-0.1, -0.05) is 12.1 Å². The zero-order valence-electron chi connectivity index (χ0n) is 16.9. The second-order valence-corrected chi connectivity index (χ2v) is 9.33. The van der Waals surface area contributed by atoms with E-state index in [9.17, 15) is 9.18 Å². The molecule has 0 aliphatic carbocycles. The van der Waals surface area contributed by atoms with Crippen LogP contribution in [0.15, 0.2) is 41.9 Å². The van der Waals surface area contributed by atoms with Gasteiger partial charge in [-0.05, 0) is 50.1 Å². The smallest absolute Gasteiger partial charge is 0.168 e. The van der Waals surface area contributed by atoms with Gasteiger partial charge in [0.15, 0.2) is 5.78 Å². The number of nitrogens with zero attached hydrogens (tertiary/aromatic N) is 3. The maximum atomic E-state index is 14.0. The van der Waals surface area contributed by atoms with Crippen LogP contribution in [-0.2, 0) is 12.8 Å². The molecule has 0 fully saturated rings. The first-order valence-corrected chi connectivity index (χ1v) is 11.2. The van der Waals surface area contributed by atoms with E-state index >= 15 is 0 Å². The molecule has 0 atom stereocenters. The summed E-state index contributed by atoms with van der Waals surface area (Å²) in [5.74, 6) is -0.497. The molecule has 0 radical (unpaired) electrons. The first-order valence-electron chi connectivity index (χ1n) is 9.51. The van der Waals surface area contributed by atoms with E-state index in [1.807, 2.05) is 38.3 Å². The summed E-state index contributed by atoms with van der Waals surface area (Å²) in [5, 5.41) is 4.04. The zero-order chi connectivity index (χ0) is 21.3. The molecule has 0 saturated carbocycles. The minimum absolute atomic E-state index is 0.0244. The fourth-order valence-electron chi connectivity index (χ4n) is 3.19. The van der Waals surface area contributed by atoms with Crippen LogP contribution in [0.2, 0.25) is 0 Å². The first kappa shape index (κ1) is 20.5. The summed E-state index contributed by atoms with van der Waals surface area (Å²) in [5.41, 5.74) is 4.50. The molecule has 0 saturated heterocycles. The summed E-state index contributed by atoms with van der Waals surface area (Å²) in [6.07, 6.45) is 2.19. The molecule has 1 aromatic carbocycles. The van der Waals surface area contributed by atoms with Crippen molar-refractivity contribution in [3.63, 3.8) is 0 Å². The van der Waals surface area contributed by atoms with Crippen molar-refractivity contribution < 1.29 is 9.18 Å². The second kappa shape index (κ2) is 8.53. The van der Waals surface area contributed by atoms with Gasteiger partial charge in [-0.3, -0.25) is 9.78 Å². The van der Waals surface area contributed by atoms with Gasteiger partial charge < -0.3 is 0 Å². The monoisotopic (exact) mass is 437 g/mol. The number of halogens is 1. The number of ketones is 1. The molecule has 3 aromatic heterocycles. The van der Waals surface area contributed by atoms with Crippen LogP contribution in [0.1, 0.15) is 42.9 Å². The summed E-state index contributed by atoms with van der Waals surface area (Å²) in [4.78, 5) is 27.2. The molecule has 152 valence electrons. The summed E-state index contributed by atoms with van der Waals surface area (Å²) in [7, 11) is 0. The number of hydrogen-bond acceptors (Lipinski definition) is 6. The van der Waals surface area contributed by atoms with Crippen LogP contribution in [0.4, 0.5) is 4.39 Å². The lowest BCUT2D eigenvalue weighted by molar-refractivity contribution is 0.0991. The van der Waals surface area contributed by atoms with Crippen LogP contribution in [0.5, 0.6) is 0 Å². The Bertz CT molecular complexity index is 1210. The van der Waals surface area contributed by atoms with Gasteiger partial charge in [0.2, 0.25) is 0 Å². The van der Waals surface area contributed by atoms with Crippen LogP contribution in [0, 0.1) is 26.6 Å². The Kier molecular flexibility index (Phi) is 5.83. The Hall–Kier alpha value is -2.77. The largest absolute Gasteiger partial charge is 0.294 e. The molecule has 4 rings (SSSR count). The Morgan fingerprint density at radius 3 is 2.60 bits per heavy atom. The van der Waals surface area contributed by atoms with E-state index in [0.29, 0.717) is 17.5 Å². The van der Waals surface area contributed by atoms with Crippen molar-refractivity contribution in [2.45, 2.75) is 33.6 Å². The number of benzene rings is 1. The number of carbonyl (C=O) groups is 1. The maximum Gasteiger partial charge on any atom is 0.168 e. The lowest BCUT2D eigenvalue weighted by atomic mass is 10.0. The Balaban J connectivity index is 1.44. The average Bonchev–Trinajstić information content (AvgIpc) is 3.30. The molecular weight excluding hydrogens is 417 g/mol. The third-order valence-electron chi connectivity index (χ3n) is 4.73. The van der Waals surface area contributed by atoms with Gasteiger partial charge in [-0.15, -0.1) is 22.7 Å². The van der Waals surface area contributed by atoms with Crippen LogP contribution in [0.3, 0.4) is 0 Å². The topological polar surface area (TPSA) is 55.7 Å². The van der Waals surface area contributed by atoms with E-state index in [4.69, 9.17) is 4.98 Å². The van der Waals surface area contributed by atoms with Crippen molar-refractivity contribution in [3.05, 3.63) is 85.8 Å². The summed E-state index contributed by atoms with van der Waals surface area (Å²) < 4.78 is 14.0. The van der Waals surface area contributed by atoms with E-state index in [2.05, 4.69) is 9.97 Å². The van der Waals surface area contributed by atoms with Crippen molar-refractivity contribution in [3.8, 4) is 10.6 Å². The van der Waals surface area contributed by atoms with E-state index in [1.54, 1.807) is 41.0 Å². The zero-order valence-corrected chi connectivity index (χ0v) is 18.5. The highest BCUT2D eigenvalue weighted by atomic mass is 32.1. The highest BCUT2D eigenvalue weighted by molar-refractivity contribution is 7.15. The predicted octanol–water partition coefficient (Wildman–Crippen LogP) is 5.74. The van der Waals surface area contributed by atoms with Gasteiger partial charge in [-0.2, -0.15) is 0 Å². The van der Waals surface area contributed by atoms with Gasteiger partial charge >= 0.3 is 0 Å². The number of aryl methyl sites for hydroxylation is 3. The third-order valence-corrected chi connectivity index (χ3v) is 6.67. The van der Waals surface area contributed by atoms with Crippen molar-refractivity contribution in [1.29, 1.82) is 0 Å². The molecular formula is C23H20FN3OS2. The molecule has 0 spiro atoms. The lowest BCUT2D eigenvalue weighted by Crippen LogP contribution is -2.06. The van der Waals surface area contributed by atoms with Crippen LogP contribution in [0.25, 0.3) is 10.6 Å². The molecule has 0 unspecified atom stereocenters. The molecule has 4 nitrogen and oxygen atoms in total. The lowest BCUT2D eigenvalue weighted by Gasteiger charge is -2.05. The quantitative estimate of drug-likeness (QED) is 0.361. The minimum atomic E-state index is -0.348. The third kappa shape index (κ3) is 4.52. The SMILES string of the molecule is Cc1ccc(CC(=O)c2ccc(Cc3nc(-c4sc(C)nc4C)cs3)nc2)c(F)c1. The molecule has 0 aliphatic rings. The predicted molar refractivity (Wildman–Crippen MR) is 119 cm³/mol. The van der Waals surface area contributed by atoms with Crippen LogP contribution >= 0.6 is 22.7 Å². The minimum Gasteiger partial charge on any atom is -0.294 e. The number of aromatic nitrogens is 3. The fraction of sp³-hybridized carbons (Fsp3) is 0.217. The highest BCUT2D eigenvalue weighted by Gasteiger charge is 2.14. The van der Waals surface area contributed by atoms with E-state index in [-0.39, 0.29) is 18.0 Å². The molecule has 3 heterocycles. The second-order valence-electron chi connectivity index (χ2n) is 7.18. The van der Waals surface area contributed by atoms with Crippen molar-refractivity contribution in [2.75, 3.05) is 0 Å². The Labute approximate surface area is 182 Å². The maximum absolute atomic E-state index is 14.0. The van der Waals surface area contributed by atoms with Crippen molar-refractivity contribution in [1.82, 2.24) is 15.0 Å². The fourth-order valence-corrected chi connectivity index (χ4v) is 4.94. The molecule has 30 heavy (non-hydrogen) atoms. The average molecular weight is 438 g/mol. The summed E-state index contributed by atoms with van der Waals surface area (Å²) in [6.45, 7) is 5.81. The summed E-state index contributed by atoms with van der Waals surface area (Å²) >= 11 is 3.24. The standard InChI is InChI=1S/C23H20FN3OS2/c1-13-4-5-16(19(24)8-13)9-21(28)17-6-7-18(25-11-17)10-22-27-20(12-29-22)23-14(2)26-15(3)30-23/h4-8,11-12H,9-10H2,1-3H3. The highest BCUT2D eigenvalue weighted by Crippen LogP contribution is 2.31. The Morgan fingerprint density at radius 1 is 1.10 bits per heavy atom.